The molecule has 0 aromatic carbocycles. The molecule has 2 nitrogen and oxygen atoms in total. The van der Waals surface area contributed by atoms with Gasteiger partial charge in [-0.3, -0.25) is 0 Å². The fourth-order valence-corrected chi connectivity index (χ4v) is 3.02. The Bertz CT molecular complexity index is 229. The number of rotatable bonds is 0. The summed E-state index contributed by atoms with van der Waals surface area (Å²) in [6, 6.07) is -1.17. The lowest BCUT2D eigenvalue weighted by atomic mass is 9.70. The minimum absolute atomic E-state index is 0.171. The van der Waals surface area contributed by atoms with E-state index in [2.05, 4.69) is 5.32 Å². The van der Waals surface area contributed by atoms with Gasteiger partial charge in [0.2, 0.25) is 0 Å². The van der Waals surface area contributed by atoms with Gasteiger partial charge in [0, 0.05) is 12.1 Å². The number of fused-ring (bicyclic) bond motifs is 1. The summed E-state index contributed by atoms with van der Waals surface area (Å²) in [5, 5.41) is 3.01. The normalized spacial score (nSPS) is 42.4. The van der Waals surface area contributed by atoms with Crippen molar-refractivity contribution in [3.63, 3.8) is 0 Å². The molecule has 0 spiro atoms. The van der Waals surface area contributed by atoms with Crippen molar-refractivity contribution in [1.82, 2.24) is 5.32 Å². The molecule has 2 fully saturated rings. The summed E-state index contributed by atoms with van der Waals surface area (Å²) in [6.07, 6.45) is -0.913. The Morgan fingerprint density at radius 3 is 2.53 bits per heavy atom. The van der Waals surface area contributed by atoms with Gasteiger partial charge >= 0.3 is 6.18 Å². The van der Waals surface area contributed by atoms with Crippen LogP contribution >= 0.6 is 0 Å². The maximum Gasteiger partial charge on any atom is 0.394 e. The van der Waals surface area contributed by atoms with E-state index in [1.165, 1.54) is 0 Å². The molecule has 2 aliphatic rings. The summed E-state index contributed by atoms with van der Waals surface area (Å²) in [5.74, 6) is -1.18. The molecular weight excluding hydrogens is 205 g/mol. The molecule has 1 heterocycles. The van der Waals surface area contributed by atoms with E-state index in [0.717, 1.165) is 19.3 Å². The van der Waals surface area contributed by atoms with Crippen LogP contribution < -0.4 is 11.1 Å². The van der Waals surface area contributed by atoms with Crippen LogP contribution in [0.3, 0.4) is 0 Å². The topological polar surface area (TPSA) is 38.0 Å². The first-order chi connectivity index (χ1) is 7.00. The van der Waals surface area contributed by atoms with Crippen molar-refractivity contribution in [2.75, 3.05) is 6.54 Å². The number of nitrogens with one attached hydrogen (secondary N) is 1. The number of hydrogen-bond donors (Lipinski definition) is 2. The molecule has 0 aromatic rings. The maximum absolute atomic E-state index is 12.8. The van der Waals surface area contributed by atoms with E-state index in [-0.39, 0.29) is 5.92 Å². The van der Waals surface area contributed by atoms with Crippen LogP contribution in [-0.4, -0.2) is 24.8 Å². The van der Waals surface area contributed by atoms with Crippen LogP contribution in [0.1, 0.15) is 25.7 Å². The molecule has 0 bridgehead atoms. The first kappa shape index (κ1) is 11.2. The molecule has 0 aromatic heterocycles. The predicted molar refractivity (Wildman–Crippen MR) is 51.3 cm³/mol. The molecule has 5 heteroatoms. The van der Waals surface area contributed by atoms with Gasteiger partial charge in [-0.15, -0.1) is 0 Å². The molecule has 0 amide bonds. The SMILES string of the molecule is NC1CCC2CCCNC2C1C(F)(F)F. The third kappa shape index (κ3) is 2.13. The number of nitrogens with two attached hydrogens (primary N) is 1. The van der Waals surface area contributed by atoms with Crippen LogP contribution in [0.25, 0.3) is 0 Å². The summed E-state index contributed by atoms with van der Waals surface area (Å²) in [5.41, 5.74) is 5.61. The van der Waals surface area contributed by atoms with Crippen molar-refractivity contribution in [3.05, 3.63) is 0 Å². The third-order valence-corrected chi connectivity index (χ3v) is 3.74. The van der Waals surface area contributed by atoms with Gasteiger partial charge in [-0.05, 0) is 38.1 Å². The Labute approximate surface area is 87.4 Å². The molecule has 2 rings (SSSR count). The molecule has 88 valence electrons. The van der Waals surface area contributed by atoms with E-state index >= 15 is 0 Å². The van der Waals surface area contributed by atoms with Crippen LogP contribution in [0, 0.1) is 11.8 Å². The average molecular weight is 222 g/mol. The first-order valence-electron chi connectivity index (χ1n) is 5.56. The first-order valence-corrected chi connectivity index (χ1v) is 5.56. The van der Waals surface area contributed by atoms with Crippen molar-refractivity contribution in [2.24, 2.45) is 17.6 Å². The zero-order chi connectivity index (χ0) is 11.1. The van der Waals surface area contributed by atoms with Crippen LogP contribution in [0.5, 0.6) is 0 Å². The molecule has 0 radical (unpaired) electrons. The molecular formula is C10H17F3N2. The Balaban J connectivity index is 2.16. The minimum Gasteiger partial charge on any atom is -0.327 e. The second-order valence-corrected chi connectivity index (χ2v) is 4.69. The molecule has 4 atom stereocenters. The van der Waals surface area contributed by atoms with E-state index in [9.17, 15) is 13.2 Å². The number of piperidine rings is 1. The smallest absolute Gasteiger partial charge is 0.327 e. The highest BCUT2D eigenvalue weighted by atomic mass is 19.4. The third-order valence-electron chi connectivity index (χ3n) is 3.74. The van der Waals surface area contributed by atoms with Gasteiger partial charge in [0.1, 0.15) is 0 Å². The standard InChI is InChI=1S/C10H17F3N2/c11-10(12,13)8-7(14)4-3-6-2-1-5-15-9(6)8/h6-9,15H,1-5,14H2. The number of halogens is 3. The molecule has 4 unspecified atom stereocenters. The van der Waals surface area contributed by atoms with E-state index in [1.807, 2.05) is 0 Å². The largest absolute Gasteiger partial charge is 0.394 e. The van der Waals surface area contributed by atoms with Gasteiger partial charge in [0.05, 0.1) is 5.92 Å². The van der Waals surface area contributed by atoms with Crippen LogP contribution in [0.15, 0.2) is 0 Å². The second-order valence-electron chi connectivity index (χ2n) is 4.69. The van der Waals surface area contributed by atoms with Crippen molar-refractivity contribution in [2.45, 2.75) is 43.9 Å². The molecule has 15 heavy (non-hydrogen) atoms. The Morgan fingerprint density at radius 2 is 1.87 bits per heavy atom. The summed E-state index contributed by atoms with van der Waals surface area (Å²) in [4.78, 5) is 0. The van der Waals surface area contributed by atoms with E-state index in [4.69, 9.17) is 5.73 Å². The maximum atomic E-state index is 12.8. The van der Waals surface area contributed by atoms with Crippen LogP contribution in [0.2, 0.25) is 0 Å². The van der Waals surface area contributed by atoms with Gasteiger partial charge in [-0.1, -0.05) is 0 Å². The minimum atomic E-state index is -4.16. The van der Waals surface area contributed by atoms with Crippen molar-refractivity contribution in [3.8, 4) is 0 Å². The van der Waals surface area contributed by atoms with E-state index in [1.54, 1.807) is 0 Å². The van der Waals surface area contributed by atoms with Crippen molar-refractivity contribution in [1.29, 1.82) is 0 Å². The fourth-order valence-electron chi connectivity index (χ4n) is 3.02. The number of hydrogen-bond acceptors (Lipinski definition) is 2. The zero-order valence-corrected chi connectivity index (χ0v) is 8.56. The average Bonchev–Trinajstić information content (AvgIpc) is 2.15. The monoisotopic (exact) mass is 222 g/mol. The molecule has 1 aliphatic heterocycles. The summed E-state index contributed by atoms with van der Waals surface area (Å²) < 4.78 is 38.5. The molecule has 1 saturated carbocycles. The van der Waals surface area contributed by atoms with Crippen LogP contribution in [0.4, 0.5) is 13.2 Å². The van der Waals surface area contributed by atoms with Gasteiger partial charge < -0.3 is 11.1 Å². The van der Waals surface area contributed by atoms with E-state index in [0.29, 0.717) is 13.0 Å². The number of alkyl halides is 3. The summed E-state index contributed by atoms with van der Waals surface area (Å²) in [7, 11) is 0. The Morgan fingerprint density at radius 1 is 1.13 bits per heavy atom. The molecule has 1 aliphatic carbocycles. The van der Waals surface area contributed by atoms with Gasteiger partial charge in [-0.2, -0.15) is 13.2 Å². The lowest BCUT2D eigenvalue weighted by Crippen LogP contribution is -2.60. The van der Waals surface area contributed by atoms with Crippen molar-refractivity contribution >= 4 is 0 Å². The van der Waals surface area contributed by atoms with Crippen LogP contribution in [-0.2, 0) is 0 Å². The Hall–Kier alpha value is -0.290. The highest BCUT2D eigenvalue weighted by molar-refractivity contribution is 4.98. The quantitative estimate of drug-likeness (QED) is 0.654. The van der Waals surface area contributed by atoms with Gasteiger partial charge in [0.25, 0.3) is 0 Å². The zero-order valence-electron chi connectivity index (χ0n) is 8.56. The highest BCUT2D eigenvalue weighted by Crippen LogP contribution is 2.42. The molecule has 3 N–H and O–H groups in total. The highest BCUT2D eigenvalue weighted by Gasteiger charge is 2.52. The van der Waals surface area contributed by atoms with Gasteiger partial charge in [-0.25, -0.2) is 0 Å². The second kappa shape index (κ2) is 3.94. The lowest BCUT2D eigenvalue weighted by Gasteiger charge is -2.45. The Kier molecular flexibility index (Phi) is 2.94. The molecule has 1 saturated heterocycles. The lowest BCUT2D eigenvalue weighted by molar-refractivity contribution is -0.200. The predicted octanol–water partition coefficient (Wildman–Crippen LogP) is 1.65. The van der Waals surface area contributed by atoms with Crippen molar-refractivity contribution < 1.29 is 13.2 Å². The summed E-state index contributed by atoms with van der Waals surface area (Å²) in [6.45, 7) is 0.695. The van der Waals surface area contributed by atoms with E-state index < -0.39 is 24.2 Å². The van der Waals surface area contributed by atoms with Gasteiger partial charge in [0.15, 0.2) is 0 Å². The summed E-state index contributed by atoms with van der Waals surface area (Å²) >= 11 is 0. The fraction of sp³-hybridized carbons (Fsp3) is 1.00.